The standard InChI is InChI=1S/C16H11ClFNO2/c1-21-15-6-9(2-5-13(15)18)16(20)12-8-19-14-7-10(17)3-4-11(12)14/h2-8,19H,1H3. The molecule has 0 atom stereocenters. The summed E-state index contributed by atoms with van der Waals surface area (Å²) in [7, 11) is 1.36. The zero-order chi connectivity index (χ0) is 15.0. The highest BCUT2D eigenvalue weighted by Gasteiger charge is 2.16. The quantitative estimate of drug-likeness (QED) is 0.737. The largest absolute Gasteiger partial charge is 0.494 e. The van der Waals surface area contributed by atoms with Gasteiger partial charge in [-0.25, -0.2) is 4.39 Å². The lowest BCUT2D eigenvalue weighted by molar-refractivity contribution is 0.104. The second-order valence-electron chi connectivity index (χ2n) is 4.57. The molecule has 0 amide bonds. The van der Waals surface area contributed by atoms with Crippen LogP contribution in [-0.4, -0.2) is 17.9 Å². The highest BCUT2D eigenvalue weighted by Crippen LogP contribution is 2.26. The van der Waals surface area contributed by atoms with Gasteiger partial charge in [0, 0.05) is 33.2 Å². The second-order valence-corrected chi connectivity index (χ2v) is 5.01. The van der Waals surface area contributed by atoms with Gasteiger partial charge in [0.05, 0.1) is 7.11 Å². The maximum Gasteiger partial charge on any atom is 0.195 e. The number of fused-ring (bicyclic) bond motifs is 1. The first-order valence-corrected chi connectivity index (χ1v) is 6.63. The molecule has 0 aliphatic rings. The van der Waals surface area contributed by atoms with E-state index in [0.717, 1.165) is 10.9 Å². The van der Waals surface area contributed by atoms with E-state index in [1.165, 1.54) is 25.3 Å². The molecule has 0 fully saturated rings. The molecule has 0 radical (unpaired) electrons. The van der Waals surface area contributed by atoms with Gasteiger partial charge in [-0.1, -0.05) is 17.7 Å². The maximum atomic E-state index is 13.4. The first kappa shape index (κ1) is 13.6. The fraction of sp³-hybridized carbons (Fsp3) is 0.0625. The van der Waals surface area contributed by atoms with Crippen LogP contribution in [-0.2, 0) is 0 Å². The third kappa shape index (κ3) is 2.38. The first-order valence-electron chi connectivity index (χ1n) is 6.25. The van der Waals surface area contributed by atoms with Crippen LogP contribution in [0.3, 0.4) is 0 Å². The first-order chi connectivity index (χ1) is 10.1. The number of H-pyrrole nitrogens is 1. The molecule has 0 spiro atoms. The van der Waals surface area contributed by atoms with Gasteiger partial charge in [0.2, 0.25) is 0 Å². The zero-order valence-corrected chi connectivity index (χ0v) is 11.9. The highest BCUT2D eigenvalue weighted by molar-refractivity contribution is 6.31. The zero-order valence-electron chi connectivity index (χ0n) is 11.1. The van der Waals surface area contributed by atoms with Crippen molar-refractivity contribution < 1.29 is 13.9 Å². The number of hydrogen-bond acceptors (Lipinski definition) is 2. The van der Waals surface area contributed by atoms with E-state index in [-0.39, 0.29) is 11.5 Å². The summed E-state index contributed by atoms with van der Waals surface area (Å²) >= 11 is 5.92. The normalized spacial score (nSPS) is 10.8. The van der Waals surface area contributed by atoms with E-state index in [2.05, 4.69) is 4.98 Å². The molecule has 1 aromatic heterocycles. The lowest BCUT2D eigenvalue weighted by Gasteiger charge is -2.05. The number of ether oxygens (including phenoxy) is 1. The molecule has 0 saturated heterocycles. The Kier molecular flexibility index (Phi) is 3.39. The predicted molar refractivity (Wildman–Crippen MR) is 79.7 cm³/mol. The minimum absolute atomic E-state index is 0.0451. The number of hydrogen-bond donors (Lipinski definition) is 1. The summed E-state index contributed by atoms with van der Waals surface area (Å²) in [5.74, 6) is -0.662. The Balaban J connectivity index is 2.08. The van der Waals surface area contributed by atoms with E-state index in [1.54, 1.807) is 24.4 Å². The Hall–Kier alpha value is -2.33. The summed E-state index contributed by atoms with van der Waals surface area (Å²) in [6.07, 6.45) is 1.62. The van der Waals surface area contributed by atoms with E-state index in [0.29, 0.717) is 16.1 Å². The number of aromatic amines is 1. The number of benzene rings is 2. The van der Waals surface area contributed by atoms with Gasteiger partial charge < -0.3 is 9.72 Å². The van der Waals surface area contributed by atoms with Crippen LogP contribution in [0.5, 0.6) is 5.75 Å². The SMILES string of the molecule is COc1cc(C(=O)c2c[nH]c3cc(Cl)ccc23)ccc1F. The number of methoxy groups -OCH3 is 1. The van der Waals surface area contributed by atoms with Crippen molar-refractivity contribution in [3.05, 3.63) is 64.6 Å². The minimum atomic E-state index is -0.500. The van der Waals surface area contributed by atoms with Crippen LogP contribution >= 0.6 is 11.6 Å². The Bertz CT molecular complexity index is 841. The summed E-state index contributed by atoms with van der Waals surface area (Å²) in [6, 6.07) is 9.31. The summed E-state index contributed by atoms with van der Waals surface area (Å²) in [6.45, 7) is 0. The monoisotopic (exact) mass is 303 g/mol. The van der Waals surface area contributed by atoms with E-state index < -0.39 is 5.82 Å². The molecule has 0 saturated carbocycles. The van der Waals surface area contributed by atoms with Crippen LogP contribution < -0.4 is 4.74 Å². The molecule has 0 aliphatic heterocycles. The molecule has 0 bridgehead atoms. The Morgan fingerprint density at radius 1 is 1.24 bits per heavy atom. The molecule has 1 N–H and O–H groups in total. The smallest absolute Gasteiger partial charge is 0.195 e. The second kappa shape index (κ2) is 5.22. The number of ketones is 1. The minimum Gasteiger partial charge on any atom is -0.494 e. The van der Waals surface area contributed by atoms with E-state index in [1.807, 2.05) is 0 Å². The number of halogens is 2. The fourth-order valence-electron chi connectivity index (χ4n) is 2.24. The van der Waals surface area contributed by atoms with Crippen LogP contribution in [0.15, 0.2) is 42.6 Å². The Morgan fingerprint density at radius 3 is 2.81 bits per heavy atom. The van der Waals surface area contributed by atoms with Gasteiger partial charge >= 0.3 is 0 Å². The molecule has 2 aromatic carbocycles. The van der Waals surface area contributed by atoms with E-state index in [9.17, 15) is 9.18 Å². The van der Waals surface area contributed by atoms with Gasteiger partial charge in [-0.2, -0.15) is 0 Å². The number of nitrogens with one attached hydrogen (secondary N) is 1. The summed E-state index contributed by atoms with van der Waals surface area (Å²) in [5.41, 5.74) is 1.65. The van der Waals surface area contributed by atoms with Gasteiger partial charge in [0.15, 0.2) is 17.3 Å². The van der Waals surface area contributed by atoms with Crippen molar-refractivity contribution in [2.45, 2.75) is 0 Å². The third-order valence-corrected chi connectivity index (χ3v) is 3.54. The Labute approximate surface area is 125 Å². The lowest BCUT2D eigenvalue weighted by atomic mass is 10.0. The predicted octanol–water partition coefficient (Wildman–Crippen LogP) is 4.20. The van der Waals surface area contributed by atoms with E-state index >= 15 is 0 Å². The topological polar surface area (TPSA) is 42.1 Å². The summed E-state index contributed by atoms with van der Waals surface area (Å²) < 4.78 is 18.3. The van der Waals surface area contributed by atoms with Gasteiger partial charge in [-0.05, 0) is 30.3 Å². The molecule has 106 valence electrons. The molecule has 21 heavy (non-hydrogen) atoms. The molecule has 5 heteroatoms. The molecule has 3 aromatic rings. The highest BCUT2D eigenvalue weighted by atomic mass is 35.5. The van der Waals surface area contributed by atoms with Crippen molar-refractivity contribution in [2.24, 2.45) is 0 Å². The van der Waals surface area contributed by atoms with Crippen molar-refractivity contribution in [2.75, 3.05) is 7.11 Å². The van der Waals surface area contributed by atoms with Crippen molar-refractivity contribution >= 4 is 28.3 Å². The van der Waals surface area contributed by atoms with Crippen LogP contribution in [0.1, 0.15) is 15.9 Å². The van der Waals surface area contributed by atoms with Crippen molar-refractivity contribution in [3.8, 4) is 5.75 Å². The number of aromatic nitrogens is 1. The lowest BCUT2D eigenvalue weighted by Crippen LogP contribution is -2.01. The van der Waals surface area contributed by atoms with Crippen molar-refractivity contribution in [1.82, 2.24) is 4.98 Å². The third-order valence-electron chi connectivity index (χ3n) is 3.30. The van der Waals surface area contributed by atoms with Gasteiger partial charge in [-0.15, -0.1) is 0 Å². The number of rotatable bonds is 3. The van der Waals surface area contributed by atoms with Crippen LogP contribution in [0.4, 0.5) is 4.39 Å². The number of carbonyl (C=O) groups excluding carboxylic acids is 1. The molecule has 3 rings (SSSR count). The Morgan fingerprint density at radius 2 is 2.05 bits per heavy atom. The maximum absolute atomic E-state index is 13.4. The van der Waals surface area contributed by atoms with Crippen LogP contribution in [0.2, 0.25) is 5.02 Å². The van der Waals surface area contributed by atoms with E-state index in [4.69, 9.17) is 16.3 Å². The van der Waals surface area contributed by atoms with Gasteiger partial charge in [-0.3, -0.25) is 4.79 Å². The molecule has 0 unspecified atom stereocenters. The van der Waals surface area contributed by atoms with Crippen LogP contribution in [0.25, 0.3) is 10.9 Å². The average molecular weight is 304 g/mol. The number of carbonyl (C=O) groups is 1. The van der Waals surface area contributed by atoms with Gasteiger partial charge in [0.25, 0.3) is 0 Å². The molecular formula is C16H11ClFNO2. The van der Waals surface area contributed by atoms with Crippen LogP contribution in [0, 0.1) is 5.82 Å². The molecular weight excluding hydrogens is 293 g/mol. The van der Waals surface area contributed by atoms with Crippen molar-refractivity contribution in [1.29, 1.82) is 0 Å². The average Bonchev–Trinajstić information content (AvgIpc) is 2.89. The molecule has 0 aliphatic carbocycles. The summed E-state index contributed by atoms with van der Waals surface area (Å²) in [5, 5.41) is 1.36. The summed E-state index contributed by atoms with van der Waals surface area (Å²) in [4.78, 5) is 15.6. The molecule has 1 heterocycles. The fourth-order valence-corrected chi connectivity index (χ4v) is 2.41. The molecule has 3 nitrogen and oxygen atoms in total. The van der Waals surface area contributed by atoms with Crippen molar-refractivity contribution in [3.63, 3.8) is 0 Å². The van der Waals surface area contributed by atoms with Gasteiger partial charge in [0.1, 0.15) is 0 Å².